The fraction of sp³-hybridized carbons (Fsp3) is 0.0714. The van der Waals surface area contributed by atoms with Crippen molar-refractivity contribution >= 4 is 16.6 Å². The summed E-state index contributed by atoms with van der Waals surface area (Å²) in [7, 11) is 0. The highest BCUT2D eigenvalue weighted by atomic mass is 19.1. The minimum atomic E-state index is -0.186. The number of H-pyrrole nitrogens is 1. The minimum absolute atomic E-state index is 0.186. The number of anilines is 1. The maximum absolute atomic E-state index is 13.4. The first kappa shape index (κ1) is 10.8. The number of fused-ring (bicyclic) bond motifs is 1. The predicted molar refractivity (Wildman–Crippen MR) is 69.8 cm³/mol. The Hall–Kier alpha value is -2.36. The fourth-order valence-electron chi connectivity index (χ4n) is 1.89. The van der Waals surface area contributed by atoms with Crippen molar-refractivity contribution in [1.29, 1.82) is 0 Å². The van der Waals surface area contributed by atoms with E-state index < -0.39 is 0 Å². The van der Waals surface area contributed by atoms with Gasteiger partial charge in [0.1, 0.15) is 5.82 Å². The summed E-state index contributed by atoms with van der Waals surface area (Å²) >= 11 is 0. The highest BCUT2D eigenvalue weighted by Crippen LogP contribution is 2.17. The second kappa shape index (κ2) is 4.49. The zero-order valence-electron chi connectivity index (χ0n) is 9.65. The highest BCUT2D eigenvalue weighted by molar-refractivity contribution is 5.81. The van der Waals surface area contributed by atoms with Gasteiger partial charge in [-0.05, 0) is 24.3 Å². The molecule has 0 aliphatic carbocycles. The molecule has 0 atom stereocenters. The molecule has 2 N–H and O–H groups in total. The molecule has 0 spiro atoms. The Kier molecular flexibility index (Phi) is 2.68. The monoisotopic (exact) mass is 241 g/mol. The molecule has 0 bridgehead atoms. The number of aromatic nitrogens is 2. The SMILES string of the molecule is Fc1ccccc1CNc1ccc2[nH]ncc2c1. The lowest BCUT2D eigenvalue weighted by Gasteiger charge is -2.07. The third-order valence-corrected chi connectivity index (χ3v) is 2.88. The van der Waals surface area contributed by atoms with Crippen molar-refractivity contribution in [2.24, 2.45) is 0 Å². The summed E-state index contributed by atoms with van der Waals surface area (Å²) in [5.41, 5.74) is 2.60. The van der Waals surface area contributed by atoms with E-state index in [9.17, 15) is 4.39 Å². The Balaban J connectivity index is 1.78. The van der Waals surface area contributed by atoms with Crippen LogP contribution in [0.2, 0.25) is 0 Å². The first-order valence-corrected chi connectivity index (χ1v) is 5.73. The average Bonchev–Trinajstić information content (AvgIpc) is 2.85. The molecule has 90 valence electrons. The lowest BCUT2D eigenvalue weighted by Crippen LogP contribution is -2.01. The zero-order chi connectivity index (χ0) is 12.4. The normalized spacial score (nSPS) is 10.7. The van der Waals surface area contributed by atoms with Gasteiger partial charge in [0.15, 0.2) is 0 Å². The lowest BCUT2D eigenvalue weighted by atomic mass is 10.2. The van der Waals surface area contributed by atoms with Gasteiger partial charge in [-0.25, -0.2) is 4.39 Å². The number of rotatable bonds is 3. The van der Waals surface area contributed by atoms with E-state index in [2.05, 4.69) is 15.5 Å². The van der Waals surface area contributed by atoms with Gasteiger partial charge in [0.2, 0.25) is 0 Å². The number of nitrogens with one attached hydrogen (secondary N) is 2. The maximum atomic E-state index is 13.4. The molecule has 1 aromatic heterocycles. The number of hydrogen-bond acceptors (Lipinski definition) is 2. The van der Waals surface area contributed by atoms with Gasteiger partial charge in [-0.2, -0.15) is 5.10 Å². The van der Waals surface area contributed by atoms with Gasteiger partial charge in [-0.1, -0.05) is 18.2 Å². The molecule has 0 amide bonds. The van der Waals surface area contributed by atoms with Gasteiger partial charge >= 0.3 is 0 Å². The Bertz CT molecular complexity index is 675. The lowest BCUT2D eigenvalue weighted by molar-refractivity contribution is 0.613. The van der Waals surface area contributed by atoms with Gasteiger partial charge in [0.05, 0.1) is 11.7 Å². The molecule has 0 aliphatic rings. The number of halogens is 1. The molecule has 4 heteroatoms. The number of benzene rings is 2. The van der Waals surface area contributed by atoms with E-state index in [4.69, 9.17) is 0 Å². The third kappa shape index (κ3) is 2.05. The Morgan fingerprint density at radius 1 is 1.17 bits per heavy atom. The van der Waals surface area contributed by atoms with Crippen LogP contribution in [0.25, 0.3) is 10.9 Å². The van der Waals surface area contributed by atoms with Crippen LogP contribution < -0.4 is 5.32 Å². The van der Waals surface area contributed by atoms with E-state index >= 15 is 0 Å². The van der Waals surface area contributed by atoms with Crippen LogP contribution in [0.4, 0.5) is 10.1 Å². The van der Waals surface area contributed by atoms with E-state index in [1.807, 2.05) is 24.3 Å². The molecule has 1 heterocycles. The molecular weight excluding hydrogens is 229 g/mol. The third-order valence-electron chi connectivity index (χ3n) is 2.88. The minimum Gasteiger partial charge on any atom is -0.381 e. The van der Waals surface area contributed by atoms with Crippen molar-refractivity contribution in [3.8, 4) is 0 Å². The van der Waals surface area contributed by atoms with Crippen molar-refractivity contribution in [2.75, 3.05) is 5.32 Å². The van der Waals surface area contributed by atoms with Crippen molar-refractivity contribution < 1.29 is 4.39 Å². The molecule has 0 saturated heterocycles. The largest absolute Gasteiger partial charge is 0.381 e. The van der Waals surface area contributed by atoms with E-state index in [-0.39, 0.29) is 5.82 Å². The van der Waals surface area contributed by atoms with E-state index in [1.165, 1.54) is 6.07 Å². The maximum Gasteiger partial charge on any atom is 0.128 e. The molecule has 0 radical (unpaired) electrons. The summed E-state index contributed by atoms with van der Waals surface area (Å²) in [4.78, 5) is 0. The van der Waals surface area contributed by atoms with E-state index in [0.717, 1.165) is 16.6 Å². The van der Waals surface area contributed by atoms with Gasteiger partial charge in [0, 0.05) is 23.2 Å². The van der Waals surface area contributed by atoms with E-state index in [0.29, 0.717) is 12.1 Å². The Morgan fingerprint density at radius 2 is 2.06 bits per heavy atom. The number of aromatic amines is 1. The Labute approximate surface area is 104 Å². The highest BCUT2D eigenvalue weighted by Gasteiger charge is 2.01. The summed E-state index contributed by atoms with van der Waals surface area (Å²) in [6, 6.07) is 12.7. The quantitative estimate of drug-likeness (QED) is 0.738. The molecule has 18 heavy (non-hydrogen) atoms. The van der Waals surface area contributed by atoms with Gasteiger partial charge in [-0.3, -0.25) is 5.10 Å². The summed E-state index contributed by atoms with van der Waals surface area (Å²) in [6.45, 7) is 0.468. The fourth-order valence-corrected chi connectivity index (χ4v) is 1.89. The molecule has 0 saturated carbocycles. The summed E-state index contributed by atoms with van der Waals surface area (Å²) < 4.78 is 13.4. The van der Waals surface area contributed by atoms with E-state index in [1.54, 1.807) is 18.3 Å². The number of hydrogen-bond donors (Lipinski definition) is 2. The zero-order valence-corrected chi connectivity index (χ0v) is 9.65. The summed E-state index contributed by atoms with van der Waals surface area (Å²) in [5.74, 6) is -0.186. The van der Waals surface area contributed by atoms with Crippen LogP contribution in [-0.2, 0) is 6.54 Å². The van der Waals surface area contributed by atoms with Crippen LogP contribution >= 0.6 is 0 Å². The van der Waals surface area contributed by atoms with Crippen molar-refractivity contribution in [3.05, 3.63) is 60.0 Å². The molecule has 3 rings (SSSR count). The van der Waals surface area contributed by atoms with Crippen LogP contribution in [0, 0.1) is 5.82 Å². The second-order valence-corrected chi connectivity index (χ2v) is 4.12. The van der Waals surface area contributed by atoms with Gasteiger partial charge in [-0.15, -0.1) is 0 Å². The van der Waals surface area contributed by atoms with Crippen LogP contribution in [0.5, 0.6) is 0 Å². The van der Waals surface area contributed by atoms with Crippen LogP contribution in [-0.4, -0.2) is 10.2 Å². The first-order chi connectivity index (χ1) is 8.83. The molecule has 0 aliphatic heterocycles. The molecule has 3 aromatic rings. The van der Waals surface area contributed by atoms with Crippen molar-refractivity contribution in [1.82, 2.24) is 10.2 Å². The molecule has 0 fully saturated rings. The molecule has 0 unspecified atom stereocenters. The Morgan fingerprint density at radius 3 is 2.94 bits per heavy atom. The molecule has 3 nitrogen and oxygen atoms in total. The summed E-state index contributed by atoms with van der Waals surface area (Å²) in [6.07, 6.45) is 1.77. The molecular formula is C14H12FN3. The second-order valence-electron chi connectivity index (χ2n) is 4.12. The first-order valence-electron chi connectivity index (χ1n) is 5.73. The summed E-state index contributed by atoms with van der Waals surface area (Å²) in [5, 5.41) is 11.1. The predicted octanol–water partition coefficient (Wildman–Crippen LogP) is 3.31. The van der Waals surface area contributed by atoms with Crippen molar-refractivity contribution in [2.45, 2.75) is 6.54 Å². The number of nitrogens with zero attached hydrogens (tertiary/aromatic N) is 1. The van der Waals surface area contributed by atoms with Crippen molar-refractivity contribution in [3.63, 3.8) is 0 Å². The molecule has 2 aromatic carbocycles. The standard InChI is InChI=1S/C14H12FN3/c15-13-4-2-1-3-10(13)8-16-12-5-6-14-11(7-12)9-17-18-14/h1-7,9,16H,8H2,(H,17,18). The smallest absolute Gasteiger partial charge is 0.128 e. The average molecular weight is 241 g/mol. The van der Waals surface area contributed by atoms with Crippen LogP contribution in [0.1, 0.15) is 5.56 Å². The van der Waals surface area contributed by atoms with Gasteiger partial charge < -0.3 is 5.32 Å². The van der Waals surface area contributed by atoms with Crippen LogP contribution in [0.3, 0.4) is 0 Å². The van der Waals surface area contributed by atoms with Crippen LogP contribution in [0.15, 0.2) is 48.7 Å². The topological polar surface area (TPSA) is 40.7 Å². The van der Waals surface area contributed by atoms with Gasteiger partial charge in [0.25, 0.3) is 0 Å².